The van der Waals surface area contributed by atoms with Gasteiger partial charge in [0.2, 0.25) is 0 Å². The van der Waals surface area contributed by atoms with Crippen molar-refractivity contribution >= 4 is 39.1 Å². The fourth-order valence-corrected chi connectivity index (χ4v) is 3.03. The zero-order valence-corrected chi connectivity index (χ0v) is 16.4. The average Bonchev–Trinajstić information content (AvgIpc) is 2.69. The van der Waals surface area contributed by atoms with Crippen molar-refractivity contribution in [3.63, 3.8) is 0 Å². The van der Waals surface area contributed by atoms with Crippen molar-refractivity contribution in [3.8, 4) is 5.75 Å². The van der Waals surface area contributed by atoms with Crippen molar-refractivity contribution in [2.75, 3.05) is 17.7 Å². The van der Waals surface area contributed by atoms with Crippen LogP contribution in [0, 0.1) is 5.82 Å². The van der Waals surface area contributed by atoms with Gasteiger partial charge in [0.25, 0.3) is 11.8 Å². The van der Waals surface area contributed by atoms with Crippen molar-refractivity contribution in [1.29, 1.82) is 0 Å². The monoisotopic (exact) mass is 442 g/mol. The summed E-state index contributed by atoms with van der Waals surface area (Å²) < 4.78 is 18.8. The van der Waals surface area contributed by atoms with E-state index >= 15 is 0 Å². The molecule has 0 aliphatic carbocycles. The van der Waals surface area contributed by atoms with Crippen LogP contribution in [0.1, 0.15) is 20.7 Å². The molecule has 0 aromatic heterocycles. The second-order valence-corrected chi connectivity index (χ2v) is 6.70. The average molecular weight is 443 g/mol. The van der Waals surface area contributed by atoms with E-state index in [1.807, 2.05) is 0 Å². The summed E-state index contributed by atoms with van der Waals surface area (Å²) in [4.78, 5) is 24.8. The minimum absolute atomic E-state index is 0.320. The Bertz CT molecular complexity index is 1020. The molecule has 3 aromatic rings. The minimum atomic E-state index is -0.382. The molecule has 7 heteroatoms. The Balaban J connectivity index is 1.72. The van der Waals surface area contributed by atoms with Gasteiger partial charge in [0.1, 0.15) is 11.6 Å². The van der Waals surface area contributed by atoms with Crippen LogP contribution >= 0.6 is 15.9 Å². The highest BCUT2D eigenvalue weighted by Crippen LogP contribution is 2.26. The molecule has 28 heavy (non-hydrogen) atoms. The molecule has 142 valence electrons. The third kappa shape index (κ3) is 4.75. The van der Waals surface area contributed by atoms with Gasteiger partial charge in [-0.1, -0.05) is 6.07 Å². The zero-order chi connectivity index (χ0) is 20.1. The van der Waals surface area contributed by atoms with Gasteiger partial charge >= 0.3 is 0 Å². The number of ether oxygens (including phenoxy) is 1. The number of rotatable bonds is 5. The smallest absolute Gasteiger partial charge is 0.255 e. The summed E-state index contributed by atoms with van der Waals surface area (Å²) in [6.45, 7) is 0. The van der Waals surface area contributed by atoms with E-state index in [0.29, 0.717) is 32.7 Å². The van der Waals surface area contributed by atoms with Crippen LogP contribution in [0.4, 0.5) is 15.8 Å². The van der Waals surface area contributed by atoms with Crippen molar-refractivity contribution in [2.45, 2.75) is 0 Å². The van der Waals surface area contributed by atoms with Gasteiger partial charge in [-0.3, -0.25) is 9.59 Å². The third-order valence-corrected chi connectivity index (χ3v) is 4.52. The maximum absolute atomic E-state index is 13.0. The number of hydrogen-bond donors (Lipinski definition) is 2. The fraction of sp³-hybridized carbons (Fsp3) is 0.0476. The number of carbonyl (C=O) groups is 2. The van der Waals surface area contributed by atoms with Crippen molar-refractivity contribution < 1.29 is 18.7 Å². The molecule has 0 saturated carbocycles. The number of carbonyl (C=O) groups excluding carboxylic acids is 2. The second kappa shape index (κ2) is 8.67. The normalized spacial score (nSPS) is 10.2. The second-order valence-electron chi connectivity index (χ2n) is 5.85. The lowest BCUT2D eigenvalue weighted by molar-refractivity contribution is 0.101. The van der Waals surface area contributed by atoms with E-state index in [1.165, 1.54) is 24.3 Å². The number of hydrogen-bond acceptors (Lipinski definition) is 3. The fourth-order valence-electron chi connectivity index (χ4n) is 2.49. The topological polar surface area (TPSA) is 67.4 Å². The first-order valence-corrected chi connectivity index (χ1v) is 9.07. The number of anilines is 2. The van der Waals surface area contributed by atoms with Crippen LogP contribution in [-0.2, 0) is 0 Å². The van der Waals surface area contributed by atoms with Gasteiger partial charge < -0.3 is 15.4 Å². The highest BCUT2D eigenvalue weighted by molar-refractivity contribution is 9.10. The van der Waals surface area contributed by atoms with Crippen molar-refractivity contribution in [3.05, 3.63) is 88.1 Å². The molecular formula is C21H16BrFN2O3. The van der Waals surface area contributed by atoms with E-state index < -0.39 is 0 Å². The molecule has 0 bridgehead atoms. The molecule has 2 amide bonds. The van der Waals surface area contributed by atoms with Gasteiger partial charge in [-0.05, 0) is 76.6 Å². The molecule has 0 heterocycles. The molecule has 0 unspecified atom stereocenters. The molecule has 0 spiro atoms. The number of methoxy groups -OCH3 is 1. The van der Waals surface area contributed by atoms with Gasteiger partial charge in [-0.15, -0.1) is 0 Å². The number of amides is 2. The molecule has 0 saturated heterocycles. The summed E-state index contributed by atoms with van der Waals surface area (Å²) in [5.41, 5.74) is 1.75. The van der Waals surface area contributed by atoms with Crippen LogP contribution < -0.4 is 15.4 Å². The molecule has 0 radical (unpaired) electrons. The van der Waals surface area contributed by atoms with Gasteiger partial charge in [-0.2, -0.15) is 0 Å². The molecule has 5 nitrogen and oxygen atoms in total. The van der Waals surface area contributed by atoms with Crippen LogP contribution in [0.2, 0.25) is 0 Å². The van der Waals surface area contributed by atoms with Gasteiger partial charge in [0.05, 0.1) is 11.6 Å². The first-order valence-electron chi connectivity index (χ1n) is 8.28. The van der Waals surface area contributed by atoms with Crippen molar-refractivity contribution in [2.24, 2.45) is 0 Å². The predicted molar refractivity (Wildman–Crippen MR) is 109 cm³/mol. The van der Waals surface area contributed by atoms with E-state index in [4.69, 9.17) is 4.74 Å². The summed E-state index contributed by atoms with van der Waals surface area (Å²) in [6, 6.07) is 17.0. The lowest BCUT2D eigenvalue weighted by Gasteiger charge is -2.10. The summed E-state index contributed by atoms with van der Waals surface area (Å²) in [5, 5.41) is 5.44. The third-order valence-electron chi connectivity index (χ3n) is 3.90. The molecular weight excluding hydrogens is 427 g/mol. The molecule has 3 aromatic carbocycles. The largest absolute Gasteiger partial charge is 0.496 e. The quantitative estimate of drug-likeness (QED) is 0.577. The highest BCUT2D eigenvalue weighted by atomic mass is 79.9. The minimum Gasteiger partial charge on any atom is -0.496 e. The Morgan fingerprint density at radius 2 is 1.50 bits per heavy atom. The Kier molecular flexibility index (Phi) is 6.06. The van der Waals surface area contributed by atoms with Crippen LogP contribution in [0.3, 0.4) is 0 Å². The highest BCUT2D eigenvalue weighted by Gasteiger charge is 2.11. The van der Waals surface area contributed by atoms with Crippen molar-refractivity contribution in [1.82, 2.24) is 0 Å². The lowest BCUT2D eigenvalue weighted by Crippen LogP contribution is -2.14. The molecule has 0 fully saturated rings. The summed E-state index contributed by atoms with van der Waals surface area (Å²) >= 11 is 3.35. The van der Waals surface area contributed by atoms with E-state index in [9.17, 15) is 14.0 Å². The van der Waals surface area contributed by atoms with E-state index in [0.717, 1.165) is 0 Å². The zero-order valence-electron chi connectivity index (χ0n) is 14.8. The molecule has 0 aliphatic heterocycles. The van der Waals surface area contributed by atoms with Crippen LogP contribution in [0.5, 0.6) is 5.75 Å². The molecule has 2 N–H and O–H groups in total. The van der Waals surface area contributed by atoms with E-state index in [1.54, 1.807) is 49.6 Å². The van der Waals surface area contributed by atoms with Gasteiger partial charge in [0.15, 0.2) is 0 Å². The number of benzene rings is 3. The van der Waals surface area contributed by atoms with Crippen LogP contribution in [0.25, 0.3) is 0 Å². The molecule has 0 atom stereocenters. The maximum atomic E-state index is 13.0. The maximum Gasteiger partial charge on any atom is 0.255 e. The first kappa shape index (κ1) is 19.6. The molecule has 0 aliphatic rings. The summed E-state index contributed by atoms with van der Waals surface area (Å²) in [5.74, 6) is -0.446. The standard InChI is InChI=1S/C21H16BrFN2O3/c1-28-19-10-5-14(12-18(19)22)21(27)25-17-4-2-3-13(11-17)20(26)24-16-8-6-15(23)7-9-16/h2-12H,1H3,(H,24,26)(H,25,27). The molecule has 3 rings (SSSR count). The van der Waals surface area contributed by atoms with E-state index in [-0.39, 0.29) is 17.6 Å². The summed E-state index contributed by atoms with van der Waals surface area (Å²) in [7, 11) is 1.54. The van der Waals surface area contributed by atoms with Gasteiger partial charge in [0, 0.05) is 22.5 Å². The van der Waals surface area contributed by atoms with Crippen LogP contribution in [0.15, 0.2) is 71.2 Å². The Morgan fingerprint density at radius 1 is 0.857 bits per heavy atom. The first-order chi connectivity index (χ1) is 13.5. The predicted octanol–water partition coefficient (Wildman–Crippen LogP) is 5.10. The lowest BCUT2D eigenvalue weighted by atomic mass is 10.1. The Hall–Kier alpha value is -3.19. The Labute approximate surface area is 169 Å². The van der Waals surface area contributed by atoms with Gasteiger partial charge in [-0.25, -0.2) is 4.39 Å². The van der Waals surface area contributed by atoms with Crippen LogP contribution in [-0.4, -0.2) is 18.9 Å². The number of halogens is 2. The number of nitrogens with one attached hydrogen (secondary N) is 2. The Morgan fingerprint density at radius 3 is 2.14 bits per heavy atom. The summed E-state index contributed by atoms with van der Waals surface area (Å²) in [6.07, 6.45) is 0. The van der Waals surface area contributed by atoms with E-state index in [2.05, 4.69) is 26.6 Å². The SMILES string of the molecule is COc1ccc(C(=O)Nc2cccc(C(=O)Nc3ccc(F)cc3)c2)cc1Br.